The quantitative estimate of drug-likeness (QED) is 0.782. The van der Waals surface area contributed by atoms with Crippen LogP contribution in [0.15, 0.2) is 65.1 Å². The number of nitrogens with two attached hydrogens (primary N) is 1. The zero-order valence-corrected chi connectivity index (χ0v) is 12.3. The number of nitrogens with zero attached hydrogens (tertiary/aromatic N) is 2. The minimum Gasteiger partial charge on any atom is -0.436 e. The van der Waals surface area contributed by atoms with Crippen LogP contribution in [0.3, 0.4) is 0 Å². The second-order valence-electron chi connectivity index (χ2n) is 4.93. The van der Waals surface area contributed by atoms with Crippen molar-refractivity contribution in [2.75, 3.05) is 0 Å². The van der Waals surface area contributed by atoms with Gasteiger partial charge in [0.25, 0.3) is 5.89 Å². The Labute approximate surface area is 132 Å². The van der Waals surface area contributed by atoms with Gasteiger partial charge in [0.15, 0.2) is 6.10 Å². The van der Waals surface area contributed by atoms with Crippen LogP contribution in [0.4, 0.5) is 4.79 Å². The van der Waals surface area contributed by atoms with Gasteiger partial charge in [-0.05, 0) is 17.7 Å². The first-order valence-corrected chi connectivity index (χ1v) is 7.11. The molecule has 0 aliphatic carbocycles. The summed E-state index contributed by atoms with van der Waals surface area (Å²) in [7, 11) is 0. The molecule has 6 heteroatoms. The molecule has 0 aliphatic rings. The van der Waals surface area contributed by atoms with Gasteiger partial charge >= 0.3 is 6.09 Å². The standard InChI is InChI=1S/C17H15N3O3/c18-17(21)22-14(11-12-7-3-1-4-8-12)16-20-19-15(23-16)13-9-5-2-6-10-13/h1-10,14H,11H2,(H2,18,21). The molecule has 2 N–H and O–H groups in total. The molecule has 0 saturated carbocycles. The van der Waals surface area contributed by atoms with Crippen LogP contribution in [0.2, 0.25) is 0 Å². The molecule has 0 saturated heterocycles. The van der Waals surface area contributed by atoms with Crippen LogP contribution in [0.1, 0.15) is 17.6 Å². The maximum Gasteiger partial charge on any atom is 0.405 e. The number of hydrogen-bond acceptors (Lipinski definition) is 5. The lowest BCUT2D eigenvalue weighted by Crippen LogP contribution is -2.19. The van der Waals surface area contributed by atoms with E-state index in [9.17, 15) is 4.79 Å². The molecule has 0 radical (unpaired) electrons. The lowest BCUT2D eigenvalue weighted by molar-refractivity contribution is 0.0898. The third-order valence-corrected chi connectivity index (χ3v) is 3.26. The molecule has 1 atom stereocenters. The zero-order valence-electron chi connectivity index (χ0n) is 12.3. The summed E-state index contributed by atoms with van der Waals surface area (Å²) >= 11 is 0. The molecular weight excluding hydrogens is 294 g/mol. The van der Waals surface area contributed by atoms with Crippen molar-refractivity contribution < 1.29 is 13.9 Å². The number of primary amides is 1. The summed E-state index contributed by atoms with van der Waals surface area (Å²) in [6, 6.07) is 18.9. The first-order valence-electron chi connectivity index (χ1n) is 7.11. The summed E-state index contributed by atoms with van der Waals surface area (Å²) in [5.41, 5.74) is 6.92. The number of hydrogen-bond donors (Lipinski definition) is 1. The van der Waals surface area contributed by atoms with E-state index in [1.807, 2.05) is 60.7 Å². The van der Waals surface area contributed by atoms with Crippen molar-refractivity contribution in [2.24, 2.45) is 5.73 Å². The Balaban J connectivity index is 1.85. The first-order chi connectivity index (χ1) is 11.2. The van der Waals surface area contributed by atoms with Crippen molar-refractivity contribution in [1.82, 2.24) is 10.2 Å². The van der Waals surface area contributed by atoms with E-state index in [2.05, 4.69) is 10.2 Å². The molecule has 1 unspecified atom stereocenters. The highest BCUT2D eigenvalue weighted by Gasteiger charge is 2.23. The monoisotopic (exact) mass is 309 g/mol. The maximum absolute atomic E-state index is 11.2. The number of carbonyl (C=O) groups excluding carboxylic acids is 1. The topological polar surface area (TPSA) is 91.2 Å². The molecule has 6 nitrogen and oxygen atoms in total. The summed E-state index contributed by atoms with van der Waals surface area (Å²) in [6.45, 7) is 0. The van der Waals surface area contributed by atoms with E-state index in [1.54, 1.807) is 0 Å². The molecule has 3 rings (SSSR count). The summed E-state index contributed by atoms with van der Waals surface area (Å²) in [6.07, 6.45) is -1.20. The van der Waals surface area contributed by atoms with Crippen molar-refractivity contribution in [3.05, 3.63) is 72.1 Å². The number of ether oxygens (including phenoxy) is 1. The normalized spacial score (nSPS) is 11.8. The van der Waals surface area contributed by atoms with E-state index in [-0.39, 0.29) is 5.89 Å². The highest BCUT2D eigenvalue weighted by molar-refractivity contribution is 5.65. The third kappa shape index (κ3) is 3.74. The van der Waals surface area contributed by atoms with Gasteiger partial charge in [-0.2, -0.15) is 0 Å². The van der Waals surface area contributed by atoms with Crippen molar-refractivity contribution in [3.63, 3.8) is 0 Å². The summed E-state index contributed by atoms with van der Waals surface area (Å²) < 4.78 is 10.8. The molecule has 1 amide bonds. The molecular formula is C17H15N3O3. The van der Waals surface area contributed by atoms with Gasteiger partial charge < -0.3 is 14.9 Å². The number of rotatable bonds is 5. The highest BCUT2D eigenvalue weighted by atomic mass is 16.6. The first kappa shape index (κ1) is 14.8. The molecule has 1 heterocycles. The van der Waals surface area contributed by atoms with Gasteiger partial charge in [-0.1, -0.05) is 48.5 Å². The fourth-order valence-corrected chi connectivity index (χ4v) is 2.21. The fraction of sp³-hybridized carbons (Fsp3) is 0.118. The Morgan fingerprint density at radius 3 is 2.35 bits per heavy atom. The zero-order chi connectivity index (χ0) is 16.1. The molecule has 3 aromatic rings. The van der Waals surface area contributed by atoms with Crippen molar-refractivity contribution in [2.45, 2.75) is 12.5 Å². The molecule has 2 aromatic carbocycles. The van der Waals surface area contributed by atoms with Crippen molar-refractivity contribution in [3.8, 4) is 11.5 Å². The van der Waals surface area contributed by atoms with Crippen molar-refractivity contribution >= 4 is 6.09 Å². The molecule has 1 aromatic heterocycles. The molecule has 0 fully saturated rings. The Morgan fingerprint density at radius 2 is 1.70 bits per heavy atom. The van der Waals surface area contributed by atoms with E-state index < -0.39 is 12.2 Å². The van der Waals surface area contributed by atoms with E-state index >= 15 is 0 Å². The van der Waals surface area contributed by atoms with Crippen LogP contribution in [0, 0.1) is 0 Å². The van der Waals surface area contributed by atoms with Crippen LogP contribution in [0.5, 0.6) is 0 Å². The molecule has 0 aliphatic heterocycles. The number of aromatic nitrogens is 2. The van der Waals surface area contributed by atoms with Crippen LogP contribution < -0.4 is 5.73 Å². The van der Waals surface area contributed by atoms with Crippen LogP contribution in [-0.2, 0) is 11.2 Å². The van der Waals surface area contributed by atoms with Crippen LogP contribution in [-0.4, -0.2) is 16.3 Å². The molecule has 0 bridgehead atoms. The largest absolute Gasteiger partial charge is 0.436 e. The second kappa shape index (κ2) is 6.74. The van der Waals surface area contributed by atoms with Crippen molar-refractivity contribution in [1.29, 1.82) is 0 Å². The van der Waals surface area contributed by atoms with Crippen LogP contribution >= 0.6 is 0 Å². The van der Waals surface area contributed by atoms with Gasteiger partial charge in [-0.15, -0.1) is 10.2 Å². The minimum atomic E-state index is -0.884. The van der Waals surface area contributed by atoms with Crippen LogP contribution in [0.25, 0.3) is 11.5 Å². The van der Waals surface area contributed by atoms with E-state index in [4.69, 9.17) is 14.9 Å². The number of amides is 1. The van der Waals surface area contributed by atoms with E-state index in [0.29, 0.717) is 12.3 Å². The summed E-state index contributed by atoms with van der Waals surface area (Å²) in [5, 5.41) is 8.00. The Bertz CT molecular complexity index is 772. The Kier molecular flexibility index (Phi) is 4.33. The predicted octanol–water partition coefficient (Wildman–Crippen LogP) is 3.12. The number of carbonyl (C=O) groups is 1. The minimum absolute atomic E-state index is 0.214. The summed E-state index contributed by atoms with van der Waals surface area (Å²) in [5.74, 6) is 0.582. The molecule has 116 valence electrons. The SMILES string of the molecule is NC(=O)OC(Cc1ccccc1)c1nnc(-c2ccccc2)o1. The molecule has 0 spiro atoms. The average Bonchev–Trinajstić information content (AvgIpc) is 3.06. The van der Waals surface area contributed by atoms with Gasteiger partial charge in [-0.25, -0.2) is 4.79 Å². The third-order valence-electron chi connectivity index (χ3n) is 3.26. The predicted molar refractivity (Wildman–Crippen MR) is 83.3 cm³/mol. The van der Waals surface area contributed by atoms with Gasteiger partial charge in [0.2, 0.25) is 5.89 Å². The smallest absolute Gasteiger partial charge is 0.405 e. The Morgan fingerprint density at radius 1 is 1.04 bits per heavy atom. The van der Waals surface area contributed by atoms with Gasteiger partial charge in [-0.3, -0.25) is 0 Å². The van der Waals surface area contributed by atoms with E-state index in [0.717, 1.165) is 11.1 Å². The van der Waals surface area contributed by atoms with Gasteiger partial charge in [0.05, 0.1) is 0 Å². The second-order valence-corrected chi connectivity index (χ2v) is 4.93. The average molecular weight is 309 g/mol. The summed E-state index contributed by atoms with van der Waals surface area (Å²) in [4.78, 5) is 11.2. The Hall–Kier alpha value is -3.15. The van der Waals surface area contributed by atoms with Gasteiger partial charge in [0, 0.05) is 12.0 Å². The fourth-order valence-electron chi connectivity index (χ4n) is 2.21. The highest BCUT2D eigenvalue weighted by Crippen LogP contribution is 2.25. The maximum atomic E-state index is 11.2. The lowest BCUT2D eigenvalue weighted by atomic mass is 10.1. The van der Waals surface area contributed by atoms with E-state index in [1.165, 1.54) is 0 Å². The molecule has 23 heavy (non-hydrogen) atoms. The lowest BCUT2D eigenvalue weighted by Gasteiger charge is -2.12. The van der Waals surface area contributed by atoms with Gasteiger partial charge in [0.1, 0.15) is 0 Å². The number of benzene rings is 2.